The lowest BCUT2D eigenvalue weighted by Gasteiger charge is -2.31. The van der Waals surface area contributed by atoms with Crippen molar-refractivity contribution in [3.63, 3.8) is 0 Å². The number of nitrogens with one attached hydrogen (secondary N) is 2. The third-order valence-electron chi connectivity index (χ3n) is 8.56. The molecule has 40 heavy (non-hydrogen) atoms. The Morgan fingerprint density at radius 3 is 2.38 bits per heavy atom. The smallest absolute Gasteiger partial charge is 0.410 e. The number of amides is 3. The Bertz CT molecular complexity index is 1400. The Morgan fingerprint density at radius 1 is 1.10 bits per heavy atom. The third-order valence-corrected chi connectivity index (χ3v) is 8.56. The van der Waals surface area contributed by atoms with Crippen LogP contribution in [0, 0.1) is 17.8 Å². The molecule has 3 fully saturated rings. The predicted octanol–water partition coefficient (Wildman–Crippen LogP) is 5.86. The van der Waals surface area contributed by atoms with Crippen molar-refractivity contribution in [2.45, 2.75) is 69.8 Å². The van der Waals surface area contributed by atoms with Crippen LogP contribution in [0.3, 0.4) is 0 Å². The van der Waals surface area contributed by atoms with Crippen molar-refractivity contribution in [1.82, 2.24) is 20.5 Å². The maximum Gasteiger partial charge on any atom is 0.410 e. The monoisotopic (exact) mass is 554 g/mol. The number of rotatable bonds is 9. The quantitative estimate of drug-likeness (QED) is 0.347. The first-order chi connectivity index (χ1) is 19.0. The van der Waals surface area contributed by atoms with E-state index in [1.165, 1.54) is 0 Å². The van der Waals surface area contributed by atoms with Crippen LogP contribution in [0.15, 0.2) is 52.9 Å². The minimum atomic E-state index is -4.50. The number of nitrogens with zero attached hydrogens (tertiary/aromatic N) is 2. The Morgan fingerprint density at radius 2 is 1.77 bits per heavy atom. The van der Waals surface area contributed by atoms with Crippen molar-refractivity contribution in [2.75, 3.05) is 6.54 Å². The summed E-state index contributed by atoms with van der Waals surface area (Å²) < 4.78 is 45.5. The van der Waals surface area contributed by atoms with Crippen LogP contribution in [0.25, 0.3) is 11.1 Å². The summed E-state index contributed by atoms with van der Waals surface area (Å²) in [5.41, 5.74) is 1.88. The summed E-state index contributed by atoms with van der Waals surface area (Å²) in [6.45, 7) is 3.40. The molecule has 0 radical (unpaired) electrons. The molecular formula is C30H33F3N4O3. The van der Waals surface area contributed by atoms with E-state index in [4.69, 9.17) is 9.40 Å². The van der Waals surface area contributed by atoms with Gasteiger partial charge >= 0.3 is 12.2 Å². The second kappa shape index (κ2) is 9.82. The minimum absolute atomic E-state index is 0.0226. The molecule has 2 atom stereocenters. The highest BCUT2D eigenvalue weighted by atomic mass is 19.4. The zero-order valence-electron chi connectivity index (χ0n) is 22.5. The molecule has 2 saturated carbocycles. The molecule has 6 rings (SSSR count). The largest absolute Gasteiger partial charge is 0.438 e. The summed E-state index contributed by atoms with van der Waals surface area (Å²) in [6.07, 6.45) is -0.00913. The Kier molecular flexibility index (Phi) is 6.54. The number of hydrogen-bond acceptors (Lipinski definition) is 4. The molecule has 0 spiro atoms. The predicted molar refractivity (Wildman–Crippen MR) is 142 cm³/mol. The van der Waals surface area contributed by atoms with E-state index in [1.54, 1.807) is 18.2 Å². The number of carbonyl (C=O) groups is 2. The number of fused-ring (bicyclic) bond motifs is 1. The Hall–Kier alpha value is -3.56. The number of urea groups is 1. The van der Waals surface area contributed by atoms with Gasteiger partial charge in [0.1, 0.15) is 17.6 Å². The molecule has 212 valence electrons. The van der Waals surface area contributed by atoms with Gasteiger partial charge in [0.05, 0.1) is 12.0 Å². The van der Waals surface area contributed by atoms with Gasteiger partial charge in [-0.25, -0.2) is 9.78 Å². The summed E-state index contributed by atoms with van der Waals surface area (Å²) >= 11 is 0. The lowest BCUT2D eigenvalue weighted by Crippen LogP contribution is -2.44. The van der Waals surface area contributed by atoms with E-state index in [0.29, 0.717) is 34.4 Å². The van der Waals surface area contributed by atoms with Crippen LogP contribution in [-0.4, -0.2) is 40.6 Å². The molecule has 2 aromatic carbocycles. The van der Waals surface area contributed by atoms with Gasteiger partial charge < -0.3 is 20.0 Å². The average molecular weight is 555 g/mol. The summed E-state index contributed by atoms with van der Waals surface area (Å²) in [5.74, 6) is 1.61. The average Bonchev–Trinajstić information content (AvgIpc) is 3.85. The third kappa shape index (κ3) is 5.28. The van der Waals surface area contributed by atoms with Gasteiger partial charge in [0, 0.05) is 6.54 Å². The fourth-order valence-electron chi connectivity index (χ4n) is 5.88. The van der Waals surface area contributed by atoms with Gasteiger partial charge in [-0.1, -0.05) is 36.4 Å². The highest BCUT2D eigenvalue weighted by molar-refractivity contribution is 5.87. The van der Waals surface area contributed by atoms with E-state index < -0.39 is 30.2 Å². The van der Waals surface area contributed by atoms with E-state index in [2.05, 4.69) is 5.32 Å². The van der Waals surface area contributed by atoms with Gasteiger partial charge in [-0.05, 0) is 80.5 Å². The molecule has 0 unspecified atom stereocenters. The molecule has 1 saturated heterocycles. The zero-order chi connectivity index (χ0) is 28.2. The lowest BCUT2D eigenvalue weighted by atomic mass is 9.82. The number of alkyl halides is 3. The number of oxazole rings is 1. The summed E-state index contributed by atoms with van der Waals surface area (Å²) in [7, 11) is 0. The maximum atomic E-state index is 13.7. The first-order valence-corrected chi connectivity index (χ1v) is 13.9. The normalized spacial score (nSPS) is 20.7. The fourth-order valence-corrected chi connectivity index (χ4v) is 5.88. The van der Waals surface area contributed by atoms with Crippen molar-refractivity contribution < 1.29 is 27.2 Å². The molecule has 3 aliphatic rings. The second-order valence-corrected chi connectivity index (χ2v) is 12.0. The molecule has 7 nitrogen and oxygen atoms in total. The number of halogens is 3. The maximum absolute atomic E-state index is 13.7. The van der Waals surface area contributed by atoms with Crippen LogP contribution in [0.4, 0.5) is 18.0 Å². The molecular weight excluding hydrogens is 521 g/mol. The molecule has 2 N–H and O–H groups in total. The molecule has 3 amide bonds. The van der Waals surface area contributed by atoms with Crippen molar-refractivity contribution in [3.8, 4) is 0 Å². The number of benzene rings is 2. The van der Waals surface area contributed by atoms with Gasteiger partial charge in [-0.2, -0.15) is 13.2 Å². The highest BCUT2D eigenvalue weighted by Crippen LogP contribution is 2.54. The van der Waals surface area contributed by atoms with Crippen LogP contribution in [0.2, 0.25) is 0 Å². The first-order valence-electron chi connectivity index (χ1n) is 13.9. The second-order valence-electron chi connectivity index (χ2n) is 12.0. The number of aromatic nitrogens is 1. The van der Waals surface area contributed by atoms with Crippen molar-refractivity contribution >= 4 is 23.0 Å². The Balaban J connectivity index is 1.26. The topological polar surface area (TPSA) is 87.5 Å². The molecule has 2 aliphatic carbocycles. The van der Waals surface area contributed by atoms with Gasteiger partial charge in [0.2, 0.25) is 11.8 Å². The molecule has 10 heteroatoms. The standard InChI is InChI=1S/C30H33F3N4O3/c1-29(2,20-6-4-3-5-7-20)27(38)36-25(24(18-9-10-18)19-11-12-19)26-34-21-14-17(8-13-22(21)40-26)15-37-16-23(30(31,32)33)35-28(37)39/h3-8,13-14,18-19,23-25H,9-12,15-16H2,1-2H3,(H,35,39)(H,36,38)/t23-,25-/m0/s1. The van der Waals surface area contributed by atoms with Gasteiger partial charge in [0.25, 0.3) is 0 Å². The molecule has 0 bridgehead atoms. The number of hydrogen-bond donors (Lipinski definition) is 2. The van der Waals surface area contributed by atoms with Crippen LogP contribution < -0.4 is 10.6 Å². The highest BCUT2D eigenvalue weighted by Gasteiger charge is 2.49. The van der Waals surface area contributed by atoms with Gasteiger partial charge in [-0.3, -0.25) is 4.79 Å². The number of carbonyl (C=O) groups excluding carboxylic acids is 2. The molecule has 3 aromatic rings. The first kappa shape index (κ1) is 26.7. The molecule has 2 heterocycles. The van der Waals surface area contributed by atoms with E-state index >= 15 is 0 Å². The minimum Gasteiger partial charge on any atom is -0.438 e. The SMILES string of the molecule is CC(C)(C(=O)N[C@H](c1nc2cc(CN3C[C@@H](C(F)(F)F)NC3=O)ccc2o1)C(C1CC1)C1CC1)c1ccccc1. The zero-order valence-corrected chi connectivity index (χ0v) is 22.5. The van der Waals surface area contributed by atoms with Gasteiger partial charge in [-0.15, -0.1) is 0 Å². The summed E-state index contributed by atoms with van der Waals surface area (Å²) in [4.78, 5) is 31.8. The molecule has 1 aliphatic heterocycles. The van der Waals surface area contributed by atoms with E-state index in [-0.39, 0.29) is 24.4 Å². The fraction of sp³-hybridized carbons (Fsp3) is 0.500. The van der Waals surface area contributed by atoms with Crippen LogP contribution in [0.5, 0.6) is 0 Å². The lowest BCUT2D eigenvalue weighted by molar-refractivity contribution is -0.149. The van der Waals surface area contributed by atoms with Crippen molar-refractivity contribution in [1.29, 1.82) is 0 Å². The summed E-state index contributed by atoms with van der Waals surface area (Å²) in [5, 5.41) is 5.31. The molecule has 1 aromatic heterocycles. The van der Waals surface area contributed by atoms with E-state index in [9.17, 15) is 22.8 Å². The van der Waals surface area contributed by atoms with Gasteiger partial charge in [0.15, 0.2) is 5.58 Å². The Labute approximate surface area is 230 Å². The van der Waals surface area contributed by atoms with Crippen molar-refractivity contribution in [3.05, 3.63) is 65.5 Å². The van der Waals surface area contributed by atoms with Crippen LogP contribution >= 0.6 is 0 Å². The van der Waals surface area contributed by atoms with Crippen LogP contribution in [0.1, 0.15) is 62.6 Å². The van der Waals surface area contributed by atoms with E-state index in [1.807, 2.05) is 49.5 Å². The van der Waals surface area contributed by atoms with E-state index in [0.717, 1.165) is 36.1 Å². The van der Waals surface area contributed by atoms with Crippen LogP contribution in [-0.2, 0) is 16.8 Å². The summed E-state index contributed by atoms with van der Waals surface area (Å²) in [6, 6.07) is 11.9. The van der Waals surface area contributed by atoms with Crippen molar-refractivity contribution in [2.24, 2.45) is 17.8 Å².